The van der Waals surface area contributed by atoms with E-state index in [1.54, 1.807) is 0 Å². The minimum Gasteiger partial charge on any atom is -0.497 e. The van der Waals surface area contributed by atoms with Gasteiger partial charge in [-0.1, -0.05) is 11.6 Å². The molecular weight excluding hydrogens is 247 g/mol. The van der Waals surface area contributed by atoms with E-state index in [2.05, 4.69) is 9.73 Å². The first-order chi connectivity index (χ1) is 7.40. The number of hydrogen-bond acceptors (Lipinski definition) is 3. The Balaban J connectivity index is 3.49. The van der Waals surface area contributed by atoms with Crippen LogP contribution in [0.3, 0.4) is 0 Å². The molecule has 1 aromatic carbocycles. The number of isocyanates is 1. The Morgan fingerprint density at radius 1 is 1.44 bits per heavy atom. The highest BCUT2D eigenvalue weighted by Gasteiger charge is 2.35. The maximum atomic E-state index is 12.5. The van der Waals surface area contributed by atoms with Crippen molar-refractivity contribution in [3.05, 3.63) is 22.7 Å². The predicted octanol–water partition coefficient (Wildman–Crippen LogP) is 3.33. The number of methoxy groups -OCH3 is 1. The third kappa shape index (κ3) is 2.53. The van der Waals surface area contributed by atoms with Crippen LogP contribution >= 0.6 is 11.6 Å². The number of rotatable bonds is 2. The van der Waals surface area contributed by atoms with Gasteiger partial charge in [-0.15, -0.1) is 0 Å². The van der Waals surface area contributed by atoms with Crippen molar-refractivity contribution in [1.29, 1.82) is 0 Å². The molecule has 0 aromatic heterocycles. The molecule has 7 heteroatoms. The van der Waals surface area contributed by atoms with Gasteiger partial charge in [0.2, 0.25) is 6.08 Å². The molecule has 0 atom stereocenters. The maximum Gasteiger partial charge on any atom is 0.418 e. The molecule has 0 amide bonds. The van der Waals surface area contributed by atoms with Crippen molar-refractivity contribution in [2.45, 2.75) is 6.18 Å². The molecule has 0 spiro atoms. The molecule has 0 aliphatic carbocycles. The Hall–Kier alpha value is -1.52. The Kier molecular flexibility index (Phi) is 3.57. The smallest absolute Gasteiger partial charge is 0.418 e. The lowest BCUT2D eigenvalue weighted by Crippen LogP contribution is -2.06. The van der Waals surface area contributed by atoms with E-state index < -0.39 is 16.8 Å². The summed E-state index contributed by atoms with van der Waals surface area (Å²) in [5, 5.41) is -0.656. The number of alkyl halides is 3. The molecule has 0 heterocycles. The van der Waals surface area contributed by atoms with Gasteiger partial charge in [0.05, 0.1) is 23.4 Å². The Morgan fingerprint density at radius 3 is 2.50 bits per heavy atom. The number of carbonyl (C=O) groups excluding carboxylic acids is 1. The van der Waals surface area contributed by atoms with Crippen molar-refractivity contribution < 1.29 is 22.7 Å². The average molecular weight is 252 g/mol. The second kappa shape index (κ2) is 4.55. The second-order valence-electron chi connectivity index (χ2n) is 2.71. The molecule has 1 aromatic rings. The van der Waals surface area contributed by atoms with E-state index in [0.29, 0.717) is 0 Å². The van der Waals surface area contributed by atoms with Crippen LogP contribution in [0.15, 0.2) is 17.1 Å². The van der Waals surface area contributed by atoms with Crippen LogP contribution in [0, 0.1) is 0 Å². The minimum atomic E-state index is -4.64. The van der Waals surface area contributed by atoms with Gasteiger partial charge in [-0.25, -0.2) is 4.79 Å². The zero-order chi connectivity index (χ0) is 12.3. The van der Waals surface area contributed by atoms with Crippen molar-refractivity contribution in [3.63, 3.8) is 0 Å². The van der Waals surface area contributed by atoms with Crippen molar-refractivity contribution in [2.24, 2.45) is 4.99 Å². The van der Waals surface area contributed by atoms with Crippen LogP contribution < -0.4 is 4.74 Å². The van der Waals surface area contributed by atoms with E-state index in [9.17, 15) is 18.0 Å². The summed E-state index contributed by atoms with van der Waals surface area (Å²) >= 11 is 5.45. The van der Waals surface area contributed by atoms with Crippen molar-refractivity contribution >= 4 is 23.4 Å². The van der Waals surface area contributed by atoms with Gasteiger partial charge in [-0.2, -0.15) is 18.2 Å². The summed E-state index contributed by atoms with van der Waals surface area (Å²) in [6.07, 6.45) is -3.52. The van der Waals surface area contributed by atoms with E-state index in [0.717, 1.165) is 18.2 Å². The fourth-order valence-electron chi connectivity index (χ4n) is 1.04. The Morgan fingerprint density at radius 2 is 2.06 bits per heavy atom. The van der Waals surface area contributed by atoms with Gasteiger partial charge in [-0.05, 0) is 6.07 Å². The SMILES string of the molecule is COc1cc(N=C=O)c(Cl)c(C(F)(F)F)c1. The molecule has 3 nitrogen and oxygen atoms in total. The topological polar surface area (TPSA) is 38.7 Å². The van der Waals surface area contributed by atoms with Gasteiger partial charge < -0.3 is 4.74 Å². The van der Waals surface area contributed by atoms with Crippen LogP contribution in [0.1, 0.15) is 5.56 Å². The highest BCUT2D eigenvalue weighted by Crippen LogP contribution is 2.41. The van der Waals surface area contributed by atoms with E-state index in [1.165, 1.54) is 7.11 Å². The highest BCUT2D eigenvalue weighted by molar-refractivity contribution is 6.34. The number of aliphatic imine (C=N–C) groups is 1. The molecule has 0 saturated heterocycles. The quantitative estimate of drug-likeness (QED) is 0.597. The Labute approximate surface area is 93.5 Å². The predicted molar refractivity (Wildman–Crippen MR) is 50.8 cm³/mol. The second-order valence-corrected chi connectivity index (χ2v) is 3.09. The monoisotopic (exact) mass is 251 g/mol. The molecular formula is C9H5ClF3NO2. The lowest BCUT2D eigenvalue weighted by atomic mass is 10.2. The molecule has 0 aliphatic heterocycles. The number of benzene rings is 1. The van der Waals surface area contributed by atoms with Crippen LogP contribution in [0.5, 0.6) is 5.75 Å². The number of nitrogens with zero attached hydrogens (tertiary/aromatic N) is 1. The third-order valence-electron chi connectivity index (χ3n) is 1.73. The van der Waals surface area contributed by atoms with Gasteiger partial charge in [-0.3, -0.25) is 0 Å². The molecule has 86 valence electrons. The average Bonchev–Trinajstić information content (AvgIpc) is 2.19. The summed E-state index contributed by atoms with van der Waals surface area (Å²) in [5.41, 5.74) is -1.44. The fourth-order valence-corrected chi connectivity index (χ4v) is 1.30. The van der Waals surface area contributed by atoms with Crippen molar-refractivity contribution in [3.8, 4) is 5.75 Å². The molecule has 0 bridgehead atoms. The first-order valence-corrected chi connectivity index (χ1v) is 4.30. The number of ether oxygens (including phenoxy) is 1. The third-order valence-corrected chi connectivity index (χ3v) is 2.13. The summed E-state index contributed by atoms with van der Waals surface area (Å²) < 4.78 is 42.2. The van der Waals surface area contributed by atoms with Gasteiger partial charge >= 0.3 is 6.18 Å². The highest BCUT2D eigenvalue weighted by atomic mass is 35.5. The summed E-state index contributed by atoms with van der Waals surface area (Å²) in [6, 6.07) is 1.84. The van der Waals surface area contributed by atoms with E-state index >= 15 is 0 Å². The summed E-state index contributed by atoms with van der Waals surface area (Å²) in [7, 11) is 1.19. The first-order valence-electron chi connectivity index (χ1n) is 3.92. The van der Waals surface area contributed by atoms with E-state index in [4.69, 9.17) is 11.6 Å². The van der Waals surface area contributed by atoms with Crippen LogP contribution in [0.4, 0.5) is 18.9 Å². The largest absolute Gasteiger partial charge is 0.497 e. The maximum absolute atomic E-state index is 12.5. The van der Waals surface area contributed by atoms with Gasteiger partial charge in [0.25, 0.3) is 0 Å². The van der Waals surface area contributed by atoms with Gasteiger partial charge in [0.15, 0.2) is 0 Å². The summed E-state index contributed by atoms with van der Waals surface area (Å²) in [5.74, 6) is -0.0919. The normalized spacial score (nSPS) is 10.8. The number of halogens is 4. The lowest BCUT2D eigenvalue weighted by Gasteiger charge is -2.11. The molecule has 16 heavy (non-hydrogen) atoms. The molecule has 0 saturated carbocycles. The molecule has 0 N–H and O–H groups in total. The molecule has 0 aliphatic rings. The molecule has 0 unspecified atom stereocenters. The van der Waals surface area contributed by atoms with Crippen LogP contribution in [-0.4, -0.2) is 13.2 Å². The lowest BCUT2D eigenvalue weighted by molar-refractivity contribution is -0.137. The fraction of sp³-hybridized carbons (Fsp3) is 0.222. The molecule has 1 rings (SSSR count). The van der Waals surface area contributed by atoms with Crippen molar-refractivity contribution in [1.82, 2.24) is 0 Å². The van der Waals surface area contributed by atoms with E-state index in [1.807, 2.05) is 0 Å². The molecule has 0 fully saturated rings. The first kappa shape index (κ1) is 12.5. The minimum absolute atomic E-state index is 0.0919. The van der Waals surface area contributed by atoms with Gasteiger partial charge in [0.1, 0.15) is 5.75 Å². The Bertz CT molecular complexity index is 453. The standard InChI is InChI=1S/C9H5ClF3NO2/c1-16-5-2-6(9(11,12)13)8(10)7(3-5)14-4-15/h2-3H,1H3. The molecule has 0 radical (unpaired) electrons. The number of hydrogen-bond donors (Lipinski definition) is 0. The van der Waals surface area contributed by atoms with Crippen LogP contribution in [0.2, 0.25) is 5.02 Å². The van der Waals surface area contributed by atoms with Crippen molar-refractivity contribution in [2.75, 3.05) is 7.11 Å². The van der Waals surface area contributed by atoms with Crippen LogP contribution in [0.25, 0.3) is 0 Å². The zero-order valence-electron chi connectivity index (χ0n) is 7.93. The zero-order valence-corrected chi connectivity index (χ0v) is 8.69. The summed E-state index contributed by atoms with van der Waals surface area (Å²) in [6.45, 7) is 0. The van der Waals surface area contributed by atoms with Crippen LogP contribution in [-0.2, 0) is 11.0 Å². The van der Waals surface area contributed by atoms with E-state index in [-0.39, 0.29) is 11.4 Å². The van der Waals surface area contributed by atoms with Gasteiger partial charge in [0, 0.05) is 6.07 Å². The summed E-state index contributed by atoms with van der Waals surface area (Å²) in [4.78, 5) is 13.1.